The minimum atomic E-state index is -0.663. The van der Waals surface area contributed by atoms with E-state index in [0.29, 0.717) is 17.7 Å². The lowest BCUT2D eigenvalue weighted by Gasteiger charge is -2.38. The average Bonchev–Trinajstić information content (AvgIpc) is 2.51. The molecule has 0 aliphatic heterocycles. The van der Waals surface area contributed by atoms with Crippen molar-refractivity contribution in [3.8, 4) is 0 Å². The summed E-state index contributed by atoms with van der Waals surface area (Å²) in [5.41, 5.74) is 0. The highest BCUT2D eigenvalue weighted by molar-refractivity contribution is 7.07. The zero-order valence-electron chi connectivity index (χ0n) is 7.04. The molecule has 0 atom stereocenters. The van der Waals surface area contributed by atoms with Crippen LogP contribution in [0.3, 0.4) is 0 Å². The van der Waals surface area contributed by atoms with Crippen molar-refractivity contribution in [3.05, 3.63) is 11.1 Å². The number of halogens is 2. The van der Waals surface area contributed by atoms with Crippen LogP contribution in [-0.2, 0) is 0 Å². The molecule has 1 fully saturated rings. The quantitative estimate of drug-likeness (QED) is 0.813. The molecule has 0 spiro atoms. The predicted octanol–water partition coefficient (Wildman–Crippen LogP) is 1.60. The first-order valence-electron chi connectivity index (χ1n) is 4.03. The fraction of sp³-hybridized carbons (Fsp3) is 0.571. The van der Waals surface area contributed by atoms with Gasteiger partial charge in [-0.05, 0) is 11.5 Å². The van der Waals surface area contributed by atoms with Gasteiger partial charge in [0.15, 0.2) is 0 Å². The fourth-order valence-electron chi connectivity index (χ4n) is 1.29. The van der Waals surface area contributed by atoms with Crippen molar-refractivity contribution < 1.29 is 4.79 Å². The minimum Gasteiger partial charge on any atom is -0.348 e. The Balaban J connectivity index is 1.86. The van der Waals surface area contributed by atoms with Gasteiger partial charge in [-0.25, -0.2) is 0 Å². The van der Waals surface area contributed by atoms with Crippen LogP contribution in [0.15, 0.2) is 6.20 Å². The maximum atomic E-state index is 11.5. The molecule has 0 radical (unpaired) electrons. The fourth-order valence-corrected chi connectivity index (χ4v) is 2.45. The number of carbonyl (C=O) groups excluding carboxylic acids is 1. The average molecular weight is 252 g/mol. The van der Waals surface area contributed by atoms with Gasteiger partial charge in [0.1, 0.15) is 9.21 Å². The first kappa shape index (κ1) is 10.1. The van der Waals surface area contributed by atoms with E-state index in [9.17, 15) is 4.79 Å². The second-order valence-electron chi connectivity index (χ2n) is 3.22. The van der Waals surface area contributed by atoms with Crippen LogP contribution in [-0.4, -0.2) is 25.9 Å². The van der Waals surface area contributed by atoms with Gasteiger partial charge in [-0.15, -0.1) is 28.3 Å². The topological polar surface area (TPSA) is 54.9 Å². The minimum absolute atomic E-state index is 0.0691. The summed E-state index contributed by atoms with van der Waals surface area (Å²) < 4.78 is 2.94. The van der Waals surface area contributed by atoms with E-state index in [1.165, 1.54) is 6.20 Å². The lowest BCUT2D eigenvalue weighted by atomic mass is 9.91. The molecule has 7 heteroatoms. The van der Waals surface area contributed by atoms with E-state index in [-0.39, 0.29) is 11.9 Å². The highest BCUT2D eigenvalue weighted by atomic mass is 35.5. The standard InChI is InChI=1S/C7H7Cl2N3OS/c8-7(9)1-4(2-7)11-6(13)5-3-10-12-14-5/h3-4H,1-2H2,(H,11,13). The van der Waals surface area contributed by atoms with Gasteiger partial charge < -0.3 is 5.32 Å². The van der Waals surface area contributed by atoms with Crippen molar-refractivity contribution in [2.24, 2.45) is 0 Å². The van der Waals surface area contributed by atoms with Crippen LogP contribution in [0.1, 0.15) is 22.5 Å². The van der Waals surface area contributed by atoms with Crippen molar-refractivity contribution in [2.45, 2.75) is 23.2 Å². The number of aromatic nitrogens is 2. The molecular formula is C7H7Cl2N3OS. The van der Waals surface area contributed by atoms with Gasteiger partial charge >= 0.3 is 0 Å². The molecule has 0 aromatic carbocycles. The van der Waals surface area contributed by atoms with Crippen molar-refractivity contribution in [1.29, 1.82) is 0 Å². The molecule has 1 aliphatic carbocycles. The SMILES string of the molecule is O=C(NC1CC(Cl)(Cl)C1)c1cnns1. The maximum absolute atomic E-state index is 11.5. The number of carbonyl (C=O) groups is 1. The predicted molar refractivity (Wildman–Crippen MR) is 54.8 cm³/mol. The molecule has 0 bridgehead atoms. The summed E-state index contributed by atoms with van der Waals surface area (Å²) in [4.78, 5) is 12.0. The number of amides is 1. The smallest absolute Gasteiger partial charge is 0.264 e. The lowest BCUT2D eigenvalue weighted by Crippen LogP contribution is -2.49. The molecule has 4 nitrogen and oxygen atoms in total. The molecule has 76 valence electrons. The van der Waals surface area contributed by atoms with Crippen molar-refractivity contribution in [3.63, 3.8) is 0 Å². The van der Waals surface area contributed by atoms with Gasteiger partial charge in [0.05, 0.1) is 6.20 Å². The summed E-state index contributed by atoms with van der Waals surface area (Å²) in [6.07, 6.45) is 2.62. The molecule has 1 aromatic rings. The summed E-state index contributed by atoms with van der Waals surface area (Å²) in [5, 5.41) is 6.38. The zero-order valence-corrected chi connectivity index (χ0v) is 9.36. The van der Waals surface area contributed by atoms with Gasteiger partial charge in [0.25, 0.3) is 5.91 Å². The van der Waals surface area contributed by atoms with Gasteiger partial charge in [0, 0.05) is 18.9 Å². The summed E-state index contributed by atoms with van der Waals surface area (Å²) in [6.45, 7) is 0. The first-order chi connectivity index (χ1) is 6.57. The van der Waals surface area contributed by atoms with Crippen molar-refractivity contribution >= 4 is 40.6 Å². The van der Waals surface area contributed by atoms with Gasteiger partial charge in [-0.1, -0.05) is 4.49 Å². The molecule has 1 aliphatic rings. The Bertz CT molecular complexity index is 333. The molecule has 1 saturated carbocycles. The van der Waals surface area contributed by atoms with Crippen LogP contribution in [0.2, 0.25) is 0 Å². The summed E-state index contributed by atoms with van der Waals surface area (Å²) in [6, 6.07) is 0.0691. The maximum Gasteiger partial charge on any atom is 0.264 e. The number of hydrogen-bond donors (Lipinski definition) is 1. The van der Waals surface area contributed by atoms with Crippen LogP contribution in [0.25, 0.3) is 0 Å². The molecule has 2 rings (SSSR count). The Morgan fingerprint density at radius 3 is 2.86 bits per heavy atom. The van der Waals surface area contributed by atoms with E-state index in [1.54, 1.807) is 0 Å². The van der Waals surface area contributed by atoms with E-state index in [1.807, 2.05) is 0 Å². The normalized spacial score (nSPS) is 20.1. The molecule has 1 N–H and O–H groups in total. The van der Waals surface area contributed by atoms with Crippen LogP contribution in [0, 0.1) is 0 Å². The Kier molecular flexibility index (Phi) is 2.64. The molecule has 1 heterocycles. The van der Waals surface area contributed by atoms with Crippen LogP contribution >= 0.6 is 34.7 Å². The highest BCUT2D eigenvalue weighted by Gasteiger charge is 2.41. The van der Waals surface area contributed by atoms with Crippen molar-refractivity contribution in [1.82, 2.24) is 14.9 Å². The molecule has 1 amide bonds. The van der Waals surface area contributed by atoms with E-state index >= 15 is 0 Å². The van der Waals surface area contributed by atoms with Crippen LogP contribution in [0.4, 0.5) is 0 Å². The second-order valence-corrected chi connectivity index (χ2v) is 5.64. The number of nitrogens with zero attached hydrogens (tertiary/aromatic N) is 2. The second kappa shape index (κ2) is 3.64. The number of nitrogens with one attached hydrogen (secondary N) is 1. The Morgan fingerprint density at radius 1 is 1.64 bits per heavy atom. The number of alkyl halides is 2. The monoisotopic (exact) mass is 251 g/mol. The van der Waals surface area contributed by atoms with Crippen LogP contribution in [0.5, 0.6) is 0 Å². The Labute approximate surface area is 94.8 Å². The van der Waals surface area contributed by atoms with Gasteiger partial charge in [-0.2, -0.15) is 0 Å². The number of hydrogen-bond acceptors (Lipinski definition) is 4. The largest absolute Gasteiger partial charge is 0.348 e. The molecule has 0 saturated heterocycles. The van der Waals surface area contributed by atoms with E-state index < -0.39 is 4.33 Å². The van der Waals surface area contributed by atoms with Gasteiger partial charge in [-0.3, -0.25) is 4.79 Å². The third-order valence-electron chi connectivity index (χ3n) is 2.01. The molecular weight excluding hydrogens is 245 g/mol. The third kappa shape index (κ3) is 2.16. The van der Waals surface area contributed by atoms with Crippen molar-refractivity contribution in [2.75, 3.05) is 0 Å². The first-order valence-corrected chi connectivity index (χ1v) is 5.56. The highest BCUT2D eigenvalue weighted by Crippen LogP contribution is 2.42. The Hall–Kier alpha value is -0.390. The number of rotatable bonds is 2. The Morgan fingerprint density at radius 2 is 2.36 bits per heavy atom. The molecule has 0 unspecified atom stereocenters. The van der Waals surface area contributed by atoms with E-state index in [0.717, 1.165) is 11.5 Å². The lowest BCUT2D eigenvalue weighted by molar-refractivity contribution is 0.0918. The van der Waals surface area contributed by atoms with Crippen LogP contribution < -0.4 is 5.32 Å². The molecule has 1 aromatic heterocycles. The summed E-state index contributed by atoms with van der Waals surface area (Å²) in [5.74, 6) is -0.158. The summed E-state index contributed by atoms with van der Waals surface area (Å²) in [7, 11) is 0. The third-order valence-corrected chi connectivity index (χ3v) is 3.29. The van der Waals surface area contributed by atoms with Gasteiger partial charge in [0.2, 0.25) is 0 Å². The zero-order chi connectivity index (χ0) is 10.2. The summed E-state index contributed by atoms with van der Waals surface area (Å²) >= 11 is 12.7. The van der Waals surface area contributed by atoms with E-state index in [2.05, 4.69) is 14.9 Å². The molecule has 14 heavy (non-hydrogen) atoms. The van der Waals surface area contributed by atoms with E-state index in [4.69, 9.17) is 23.2 Å².